The lowest BCUT2D eigenvalue weighted by Crippen LogP contribution is -2.29. The molecule has 0 radical (unpaired) electrons. The molecule has 1 unspecified atom stereocenters. The van der Waals surface area contributed by atoms with Crippen LogP contribution in [-0.2, 0) is 0 Å². The smallest absolute Gasteiger partial charge is 0.0243 e. The van der Waals surface area contributed by atoms with E-state index in [2.05, 4.69) is 37.9 Å². The van der Waals surface area contributed by atoms with Crippen LogP contribution in [0.5, 0.6) is 0 Å². The van der Waals surface area contributed by atoms with Crippen molar-refractivity contribution < 1.29 is 0 Å². The van der Waals surface area contributed by atoms with E-state index in [4.69, 9.17) is 0 Å². The van der Waals surface area contributed by atoms with Gasteiger partial charge in [0.2, 0.25) is 0 Å². The second kappa shape index (κ2) is 5.22. The molecule has 0 aromatic carbocycles. The van der Waals surface area contributed by atoms with Crippen LogP contribution in [0, 0.1) is 17.3 Å². The Balaban J connectivity index is 3.88. The van der Waals surface area contributed by atoms with Crippen LogP contribution in [0.4, 0.5) is 0 Å². The lowest BCUT2D eigenvalue weighted by Gasteiger charge is -2.24. The van der Waals surface area contributed by atoms with E-state index in [1.54, 1.807) is 0 Å². The highest BCUT2D eigenvalue weighted by Crippen LogP contribution is 2.21. The predicted octanol–water partition coefficient (Wildman–Crippen LogP) is 2.42. The van der Waals surface area contributed by atoms with Gasteiger partial charge in [-0.1, -0.05) is 20.8 Å². The average Bonchev–Trinajstić information content (AvgIpc) is 1.95. The minimum Gasteiger partial charge on any atom is -0.316 e. The highest BCUT2D eigenvalue weighted by Gasteiger charge is 2.16. The van der Waals surface area contributed by atoms with Crippen LogP contribution in [0.2, 0.25) is 0 Å². The van der Waals surface area contributed by atoms with E-state index in [0.717, 1.165) is 6.42 Å². The molecule has 0 bridgehead atoms. The molecule has 0 aliphatic carbocycles. The molecule has 0 fully saturated rings. The number of rotatable bonds is 3. The zero-order chi connectivity index (χ0) is 9.61. The van der Waals surface area contributed by atoms with Crippen molar-refractivity contribution in [3.63, 3.8) is 0 Å². The van der Waals surface area contributed by atoms with Gasteiger partial charge in [-0.15, -0.1) is 11.8 Å². The number of hydrogen-bond donors (Lipinski definition) is 1. The molecular weight excluding hydrogens is 146 g/mol. The second-order valence-electron chi connectivity index (χ2n) is 4.38. The summed E-state index contributed by atoms with van der Waals surface area (Å²) < 4.78 is 0. The molecule has 1 atom stereocenters. The minimum absolute atomic E-state index is 0.392. The summed E-state index contributed by atoms with van der Waals surface area (Å²) in [7, 11) is 2.01. The largest absolute Gasteiger partial charge is 0.316 e. The molecular formula is C11H21N. The highest BCUT2D eigenvalue weighted by molar-refractivity contribution is 4.98. The SMILES string of the molecule is CC#CCC(CC(C)(C)C)NC. The molecule has 0 spiro atoms. The minimum atomic E-state index is 0.392. The third kappa shape index (κ3) is 6.24. The van der Waals surface area contributed by atoms with E-state index in [1.807, 2.05) is 14.0 Å². The first kappa shape index (κ1) is 11.5. The van der Waals surface area contributed by atoms with Crippen molar-refractivity contribution in [2.45, 2.75) is 46.6 Å². The lowest BCUT2D eigenvalue weighted by atomic mass is 9.87. The van der Waals surface area contributed by atoms with Crippen molar-refractivity contribution in [2.24, 2.45) is 5.41 Å². The second-order valence-corrected chi connectivity index (χ2v) is 4.38. The zero-order valence-corrected chi connectivity index (χ0v) is 8.99. The standard InChI is InChI=1S/C11H21N/c1-6-7-8-10(12-5)9-11(2,3)4/h10,12H,8-9H2,1-5H3. The summed E-state index contributed by atoms with van der Waals surface area (Å²) in [4.78, 5) is 0. The van der Waals surface area contributed by atoms with Crippen molar-refractivity contribution in [3.8, 4) is 11.8 Å². The van der Waals surface area contributed by atoms with Gasteiger partial charge in [0.05, 0.1) is 0 Å². The van der Waals surface area contributed by atoms with Gasteiger partial charge < -0.3 is 5.32 Å². The normalized spacial score (nSPS) is 13.4. The van der Waals surface area contributed by atoms with Gasteiger partial charge in [0.25, 0.3) is 0 Å². The third-order valence-corrected chi connectivity index (χ3v) is 1.79. The summed E-state index contributed by atoms with van der Waals surface area (Å²) in [5.41, 5.74) is 0.392. The van der Waals surface area contributed by atoms with Gasteiger partial charge in [-0.2, -0.15) is 0 Å². The van der Waals surface area contributed by atoms with Gasteiger partial charge in [0.15, 0.2) is 0 Å². The van der Waals surface area contributed by atoms with Crippen LogP contribution < -0.4 is 5.32 Å². The first-order chi connectivity index (χ1) is 5.49. The molecule has 0 heterocycles. The molecule has 0 rings (SSSR count). The van der Waals surface area contributed by atoms with Crippen LogP contribution in [0.25, 0.3) is 0 Å². The van der Waals surface area contributed by atoms with Gasteiger partial charge in [-0.25, -0.2) is 0 Å². The summed E-state index contributed by atoms with van der Waals surface area (Å²) >= 11 is 0. The fourth-order valence-corrected chi connectivity index (χ4v) is 1.24. The van der Waals surface area contributed by atoms with Crippen LogP contribution >= 0.6 is 0 Å². The first-order valence-electron chi connectivity index (χ1n) is 4.56. The van der Waals surface area contributed by atoms with Crippen LogP contribution in [-0.4, -0.2) is 13.1 Å². The van der Waals surface area contributed by atoms with Crippen LogP contribution in [0.15, 0.2) is 0 Å². The van der Waals surface area contributed by atoms with Crippen LogP contribution in [0.3, 0.4) is 0 Å². The first-order valence-corrected chi connectivity index (χ1v) is 4.56. The molecule has 1 nitrogen and oxygen atoms in total. The molecule has 1 heteroatoms. The summed E-state index contributed by atoms with van der Waals surface area (Å²) in [5.74, 6) is 6.04. The Bertz CT molecular complexity index is 166. The van der Waals surface area contributed by atoms with Crippen molar-refractivity contribution in [2.75, 3.05) is 7.05 Å². The summed E-state index contributed by atoms with van der Waals surface area (Å²) in [5, 5.41) is 3.29. The third-order valence-electron chi connectivity index (χ3n) is 1.79. The Kier molecular flexibility index (Phi) is 5.01. The van der Waals surface area contributed by atoms with Crippen molar-refractivity contribution in [1.82, 2.24) is 5.32 Å². The zero-order valence-electron chi connectivity index (χ0n) is 8.99. The van der Waals surface area contributed by atoms with Crippen molar-refractivity contribution >= 4 is 0 Å². The highest BCUT2D eigenvalue weighted by atomic mass is 14.9. The number of hydrogen-bond acceptors (Lipinski definition) is 1. The summed E-state index contributed by atoms with van der Waals surface area (Å²) in [6, 6.07) is 0.539. The van der Waals surface area contributed by atoms with Crippen LogP contribution in [0.1, 0.15) is 40.5 Å². The Morgan fingerprint density at radius 3 is 2.25 bits per heavy atom. The summed E-state index contributed by atoms with van der Waals surface area (Å²) in [6.07, 6.45) is 2.14. The Labute approximate surface area is 76.9 Å². The van der Waals surface area contributed by atoms with Gasteiger partial charge in [0, 0.05) is 12.5 Å². The van der Waals surface area contributed by atoms with E-state index in [1.165, 1.54) is 6.42 Å². The topological polar surface area (TPSA) is 12.0 Å². The van der Waals surface area contributed by atoms with E-state index in [-0.39, 0.29) is 0 Å². The molecule has 1 N–H and O–H groups in total. The monoisotopic (exact) mass is 167 g/mol. The molecule has 0 saturated heterocycles. The van der Waals surface area contributed by atoms with E-state index in [9.17, 15) is 0 Å². The molecule has 12 heavy (non-hydrogen) atoms. The van der Waals surface area contributed by atoms with Gasteiger partial charge in [-0.05, 0) is 25.8 Å². The Morgan fingerprint density at radius 1 is 1.33 bits per heavy atom. The average molecular weight is 167 g/mol. The Morgan fingerprint density at radius 2 is 1.92 bits per heavy atom. The predicted molar refractivity (Wildman–Crippen MR) is 55.0 cm³/mol. The van der Waals surface area contributed by atoms with E-state index >= 15 is 0 Å². The van der Waals surface area contributed by atoms with Gasteiger partial charge >= 0.3 is 0 Å². The molecule has 0 aromatic rings. The summed E-state index contributed by atoms with van der Waals surface area (Å²) in [6.45, 7) is 8.67. The fourth-order valence-electron chi connectivity index (χ4n) is 1.24. The molecule has 70 valence electrons. The maximum absolute atomic E-state index is 3.29. The van der Waals surface area contributed by atoms with Gasteiger partial charge in [0.1, 0.15) is 0 Å². The Hall–Kier alpha value is -0.480. The fraction of sp³-hybridized carbons (Fsp3) is 0.818. The molecule has 0 aliphatic rings. The van der Waals surface area contributed by atoms with E-state index < -0.39 is 0 Å². The van der Waals surface area contributed by atoms with Gasteiger partial charge in [-0.3, -0.25) is 0 Å². The quantitative estimate of drug-likeness (QED) is 0.637. The van der Waals surface area contributed by atoms with Crippen molar-refractivity contribution in [3.05, 3.63) is 0 Å². The van der Waals surface area contributed by atoms with E-state index in [0.29, 0.717) is 11.5 Å². The number of nitrogens with one attached hydrogen (secondary N) is 1. The lowest BCUT2D eigenvalue weighted by molar-refractivity contribution is 0.319. The maximum Gasteiger partial charge on any atom is 0.0243 e. The molecule has 0 saturated carbocycles. The molecule has 0 aliphatic heterocycles. The molecule has 0 amide bonds. The molecule has 0 aromatic heterocycles. The van der Waals surface area contributed by atoms with Crippen molar-refractivity contribution in [1.29, 1.82) is 0 Å². The maximum atomic E-state index is 3.29.